The first-order valence-electron chi connectivity index (χ1n) is 8.48. The van der Waals surface area contributed by atoms with Crippen LogP contribution in [0.15, 0.2) is 0 Å². The summed E-state index contributed by atoms with van der Waals surface area (Å²) >= 11 is 0. The fraction of sp³-hybridized carbons (Fsp3) is 1.00. The van der Waals surface area contributed by atoms with Gasteiger partial charge in [-0.3, -0.25) is 4.90 Å². The van der Waals surface area contributed by atoms with Crippen LogP contribution in [0.5, 0.6) is 0 Å². The molecule has 3 heteroatoms. The molecule has 0 aromatic carbocycles. The van der Waals surface area contributed by atoms with Crippen LogP contribution in [0.4, 0.5) is 0 Å². The molecule has 0 spiro atoms. The first-order chi connectivity index (χ1) is 9.26. The highest BCUT2D eigenvalue weighted by Crippen LogP contribution is 2.32. The van der Waals surface area contributed by atoms with Gasteiger partial charge in [-0.05, 0) is 43.9 Å². The van der Waals surface area contributed by atoms with E-state index < -0.39 is 0 Å². The lowest BCUT2D eigenvalue weighted by Gasteiger charge is -2.40. The van der Waals surface area contributed by atoms with Crippen LogP contribution in [0.2, 0.25) is 0 Å². The molecule has 0 aromatic heterocycles. The number of rotatable bonds is 4. The molecule has 2 saturated carbocycles. The summed E-state index contributed by atoms with van der Waals surface area (Å²) in [4.78, 5) is 5.38. The maximum Gasteiger partial charge on any atom is 0.0113 e. The molecular formula is C16H31N3. The van der Waals surface area contributed by atoms with E-state index in [4.69, 9.17) is 5.73 Å². The number of piperazine rings is 1. The highest BCUT2D eigenvalue weighted by Gasteiger charge is 2.33. The minimum atomic E-state index is 0.462. The minimum absolute atomic E-state index is 0.462. The third kappa shape index (κ3) is 3.50. The third-order valence-electron chi connectivity index (χ3n) is 5.69. The van der Waals surface area contributed by atoms with E-state index in [9.17, 15) is 0 Å². The molecule has 0 aromatic rings. The van der Waals surface area contributed by atoms with Crippen molar-refractivity contribution in [3.8, 4) is 0 Å². The standard InChI is InChI=1S/C16H31N3/c1-2-13-3-6-16(17)14(11-13)12-18-7-9-19(10-8-18)15-4-5-15/h13-16H,2-12,17H2,1H3. The molecule has 1 heterocycles. The van der Waals surface area contributed by atoms with Crippen LogP contribution in [0, 0.1) is 11.8 Å². The van der Waals surface area contributed by atoms with Crippen molar-refractivity contribution in [2.75, 3.05) is 32.7 Å². The van der Waals surface area contributed by atoms with Gasteiger partial charge in [-0.1, -0.05) is 13.3 Å². The van der Waals surface area contributed by atoms with Gasteiger partial charge in [-0.2, -0.15) is 0 Å². The molecule has 3 nitrogen and oxygen atoms in total. The van der Waals surface area contributed by atoms with Gasteiger partial charge in [0.2, 0.25) is 0 Å². The van der Waals surface area contributed by atoms with E-state index in [0.29, 0.717) is 6.04 Å². The zero-order valence-electron chi connectivity index (χ0n) is 12.6. The Balaban J connectivity index is 1.45. The van der Waals surface area contributed by atoms with Gasteiger partial charge in [-0.15, -0.1) is 0 Å². The maximum atomic E-state index is 6.36. The molecule has 0 amide bonds. The van der Waals surface area contributed by atoms with Gasteiger partial charge in [0, 0.05) is 44.8 Å². The van der Waals surface area contributed by atoms with E-state index >= 15 is 0 Å². The Hall–Kier alpha value is -0.120. The Kier molecular flexibility index (Phi) is 4.45. The molecule has 19 heavy (non-hydrogen) atoms. The Labute approximate surface area is 118 Å². The van der Waals surface area contributed by atoms with Gasteiger partial charge in [0.05, 0.1) is 0 Å². The number of nitrogens with zero attached hydrogens (tertiary/aromatic N) is 2. The van der Waals surface area contributed by atoms with Crippen molar-refractivity contribution in [1.29, 1.82) is 0 Å². The van der Waals surface area contributed by atoms with Crippen molar-refractivity contribution in [1.82, 2.24) is 9.80 Å². The van der Waals surface area contributed by atoms with Crippen molar-refractivity contribution in [3.63, 3.8) is 0 Å². The van der Waals surface area contributed by atoms with Gasteiger partial charge >= 0.3 is 0 Å². The average Bonchev–Trinajstić information content (AvgIpc) is 3.27. The highest BCUT2D eigenvalue weighted by molar-refractivity contribution is 4.89. The predicted molar refractivity (Wildman–Crippen MR) is 80.1 cm³/mol. The first kappa shape index (κ1) is 13.8. The topological polar surface area (TPSA) is 32.5 Å². The lowest BCUT2D eigenvalue weighted by Crippen LogP contribution is -2.51. The number of hydrogen-bond donors (Lipinski definition) is 1. The summed E-state index contributed by atoms with van der Waals surface area (Å²) in [6, 6.07) is 1.41. The van der Waals surface area contributed by atoms with E-state index in [0.717, 1.165) is 17.9 Å². The van der Waals surface area contributed by atoms with Crippen molar-refractivity contribution in [3.05, 3.63) is 0 Å². The largest absolute Gasteiger partial charge is 0.327 e. The van der Waals surface area contributed by atoms with Gasteiger partial charge < -0.3 is 10.6 Å². The third-order valence-corrected chi connectivity index (χ3v) is 5.69. The summed E-state index contributed by atoms with van der Waals surface area (Å²) in [7, 11) is 0. The molecule has 0 radical (unpaired) electrons. The van der Waals surface area contributed by atoms with Crippen LogP contribution in [0.1, 0.15) is 45.4 Å². The van der Waals surface area contributed by atoms with Crippen LogP contribution in [0.25, 0.3) is 0 Å². The molecule has 2 aliphatic carbocycles. The fourth-order valence-corrected chi connectivity index (χ4v) is 4.05. The molecule has 3 unspecified atom stereocenters. The summed E-state index contributed by atoms with van der Waals surface area (Å²) in [5.41, 5.74) is 6.36. The molecule has 1 saturated heterocycles. The molecule has 1 aliphatic heterocycles. The molecule has 3 aliphatic rings. The molecule has 3 atom stereocenters. The molecule has 3 rings (SSSR count). The van der Waals surface area contributed by atoms with E-state index in [1.807, 2.05) is 0 Å². The van der Waals surface area contributed by atoms with Gasteiger partial charge in [-0.25, -0.2) is 0 Å². The van der Waals surface area contributed by atoms with Gasteiger partial charge in [0.1, 0.15) is 0 Å². The Morgan fingerprint density at radius 2 is 1.74 bits per heavy atom. The quantitative estimate of drug-likeness (QED) is 0.843. The van der Waals surface area contributed by atoms with Crippen LogP contribution in [-0.2, 0) is 0 Å². The van der Waals surface area contributed by atoms with Crippen molar-refractivity contribution in [2.45, 2.75) is 57.5 Å². The smallest absolute Gasteiger partial charge is 0.0113 e. The maximum absolute atomic E-state index is 6.36. The second-order valence-corrected chi connectivity index (χ2v) is 7.08. The predicted octanol–water partition coefficient (Wildman–Crippen LogP) is 1.92. The number of nitrogens with two attached hydrogens (primary N) is 1. The normalized spacial score (nSPS) is 38.5. The SMILES string of the molecule is CCC1CCC(N)C(CN2CCN(C3CC3)CC2)C1. The molecule has 0 bridgehead atoms. The summed E-state index contributed by atoms with van der Waals surface area (Å²) in [5.74, 6) is 1.70. The summed E-state index contributed by atoms with van der Waals surface area (Å²) in [6.45, 7) is 8.74. The molecule has 110 valence electrons. The second kappa shape index (κ2) is 6.11. The molecular weight excluding hydrogens is 234 g/mol. The monoisotopic (exact) mass is 265 g/mol. The average molecular weight is 265 g/mol. The lowest BCUT2D eigenvalue weighted by atomic mass is 9.77. The Morgan fingerprint density at radius 1 is 1.00 bits per heavy atom. The molecule has 3 fully saturated rings. The summed E-state index contributed by atoms with van der Waals surface area (Å²) < 4.78 is 0. The number of hydrogen-bond acceptors (Lipinski definition) is 3. The van der Waals surface area contributed by atoms with E-state index in [1.165, 1.54) is 71.2 Å². The van der Waals surface area contributed by atoms with Crippen LogP contribution >= 0.6 is 0 Å². The van der Waals surface area contributed by atoms with Crippen LogP contribution < -0.4 is 5.73 Å². The van der Waals surface area contributed by atoms with Crippen molar-refractivity contribution < 1.29 is 0 Å². The zero-order valence-corrected chi connectivity index (χ0v) is 12.6. The Morgan fingerprint density at radius 3 is 2.37 bits per heavy atom. The summed E-state index contributed by atoms with van der Waals surface area (Å²) in [6.07, 6.45) is 8.24. The highest BCUT2D eigenvalue weighted by atomic mass is 15.3. The second-order valence-electron chi connectivity index (χ2n) is 7.08. The first-order valence-corrected chi connectivity index (χ1v) is 8.48. The van der Waals surface area contributed by atoms with E-state index in [-0.39, 0.29) is 0 Å². The van der Waals surface area contributed by atoms with Crippen molar-refractivity contribution >= 4 is 0 Å². The fourth-order valence-electron chi connectivity index (χ4n) is 4.05. The van der Waals surface area contributed by atoms with Crippen LogP contribution in [-0.4, -0.2) is 54.6 Å². The van der Waals surface area contributed by atoms with Crippen molar-refractivity contribution in [2.24, 2.45) is 17.6 Å². The zero-order chi connectivity index (χ0) is 13.2. The van der Waals surface area contributed by atoms with Crippen LogP contribution in [0.3, 0.4) is 0 Å². The van der Waals surface area contributed by atoms with E-state index in [1.54, 1.807) is 0 Å². The van der Waals surface area contributed by atoms with Gasteiger partial charge in [0.25, 0.3) is 0 Å². The Bertz CT molecular complexity index is 282. The molecule has 2 N–H and O–H groups in total. The van der Waals surface area contributed by atoms with E-state index in [2.05, 4.69) is 16.7 Å². The van der Waals surface area contributed by atoms with Gasteiger partial charge in [0.15, 0.2) is 0 Å². The summed E-state index contributed by atoms with van der Waals surface area (Å²) in [5, 5.41) is 0. The minimum Gasteiger partial charge on any atom is -0.327 e. The lowest BCUT2D eigenvalue weighted by molar-refractivity contribution is 0.0913.